The minimum Gasteiger partial charge on any atom is -0.508 e. The molecule has 0 atom stereocenters. The van der Waals surface area contributed by atoms with Crippen LogP contribution in [0.2, 0.25) is 0 Å². The molecule has 0 bridgehead atoms. The average Bonchev–Trinajstić information content (AvgIpc) is 2.19. The summed E-state index contributed by atoms with van der Waals surface area (Å²) < 4.78 is 5.12. The lowest BCUT2D eigenvalue weighted by Gasteiger charge is -2.21. The molecule has 0 amide bonds. The van der Waals surface area contributed by atoms with E-state index in [1.165, 1.54) is 6.07 Å². The van der Waals surface area contributed by atoms with Crippen LogP contribution < -0.4 is 4.74 Å². The number of carbonyl (C=O) groups excluding carboxylic acids is 1. The number of phenolic OH excluding ortho intramolecular Hbond substituents is 1. The van der Waals surface area contributed by atoms with Gasteiger partial charge >= 0.3 is 5.97 Å². The number of phenols is 1. The summed E-state index contributed by atoms with van der Waals surface area (Å²) in [7, 11) is 0. The standard InChI is InChI=1S/C14H18O3/c1-9(2)13(16)17-10-6-7-12(15)11(8-10)14(3,4)5/h6-8,15H,1H2,2-5H3. The number of ether oxygens (including phenoxy) is 1. The van der Waals surface area contributed by atoms with E-state index in [1.807, 2.05) is 20.8 Å². The molecule has 0 fully saturated rings. The molecule has 1 N–H and O–H groups in total. The number of carbonyl (C=O) groups is 1. The molecule has 0 saturated heterocycles. The van der Waals surface area contributed by atoms with E-state index in [4.69, 9.17) is 4.74 Å². The number of esters is 1. The van der Waals surface area contributed by atoms with Gasteiger partial charge in [0.2, 0.25) is 0 Å². The zero-order valence-electron chi connectivity index (χ0n) is 10.7. The Morgan fingerprint density at radius 3 is 2.41 bits per heavy atom. The van der Waals surface area contributed by atoms with Gasteiger partial charge in [0.05, 0.1) is 0 Å². The Kier molecular flexibility index (Phi) is 3.61. The van der Waals surface area contributed by atoms with Crippen molar-refractivity contribution in [3.8, 4) is 11.5 Å². The third-order valence-electron chi connectivity index (χ3n) is 2.34. The molecule has 0 aliphatic carbocycles. The second-order valence-electron chi connectivity index (χ2n) is 5.10. The summed E-state index contributed by atoms with van der Waals surface area (Å²) in [6.07, 6.45) is 0. The molecule has 0 saturated carbocycles. The van der Waals surface area contributed by atoms with E-state index in [9.17, 15) is 9.90 Å². The molecule has 0 aliphatic rings. The van der Waals surface area contributed by atoms with Gasteiger partial charge in [-0.1, -0.05) is 27.4 Å². The monoisotopic (exact) mass is 234 g/mol. The lowest BCUT2D eigenvalue weighted by Crippen LogP contribution is -2.13. The number of aromatic hydroxyl groups is 1. The quantitative estimate of drug-likeness (QED) is 0.485. The number of benzene rings is 1. The van der Waals surface area contributed by atoms with E-state index >= 15 is 0 Å². The van der Waals surface area contributed by atoms with Crippen LogP contribution in [-0.2, 0) is 10.2 Å². The molecule has 0 radical (unpaired) electrons. The molecule has 1 aromatic carbocycles. The summed E-state index contributed by atoms with van der Waals surface area (Å²) in [5.74, 6) is 0.156. The molecule has 0 aromatic heterocycles. The van der Waals surface area contributed by atoms with Crippen LogP contribution in [-0.4, -0.2) is 11.1 Å². The van der Waals surface area contributed by atoms with Gasteiger partial charge in [0, 0.05) is 11.1 Å². The molecule has 0 aliphatic heterocycles. The second kappa shape index (κ2) is 4.62. The summed E-state index contributed by atoms with van der Waals surface area (Å²) in [4.78, 5) is 11.4. The molecule has 0 spiro atoms. The molecule has 3 heteroatoms. The largest absolute Gasteiger partial charge is 0.508 e. The Balaban J connectivity index is 3.05. The van der Waals surface area contributed by atoms with Gasteiger partial charge in [-0.05, 0) is 30.5 Å². The van der Waals surface area contributed by atoms with E-state index in [2.05, 4.69) is 6.58 Å². The fraction of sp³-hybridized carbons (Fsp3) is 0.357. The first-order valence-corrected chi connectivity index (χ1v) is 5.43. The molecule has 1 rings (SSSR count). The summed E-state index contributed by atoms with van der Waals surface area (Å²) in [5, 5.41) is 9.76. The van der Waals surface area contributed by atoms with Crippen LogP contribution in [0.3, 0.4) is 0 Å². The van der Waals surface area contributed by atoms with E-state index in [0.29, 0.717) is 11.3 Å². The first kappa shape index (κ1) is 13.3. The Morgan fingerprint density at radius 1 is 1.35 bits per heavy atom. The summed E-state index contributed by atoms with van der Waals surface area (Å²) >= 11 is 0. The zero-order chi connectivity index (χ0) is 13.2. The predicted octanol–water partition coefficient (Wildman–Crippen LogP) is 3.17. The minimum atomic E-state index is -0.462. The molecular formula is C14H18O3. The molecule has 1 aromatic rings. The highest BCUT2D eigenvalue weighted by Gasteiger charge is 2.19. The van der Waals surface area contributed by atoms with Gasteiger partial charge in [-0.15, -0.1) is 0 Å². The Bertz CT molecular complexity index is 453. The van der Waals surface area contributed by atoms with Gasteiger partial charge in [-0.2, -0.15) is 0 Å². The average molecular weight is 234 g/mol. The highest BCUT2D eigenvalue weighted by molar-refractivity contribution is 5.88. The molecular weight excluding hydrogens is 216 g/mol. The van der Waals surface area contributed by atoms with Crippen molar-refractivity contribution in [2.45, 2.75) is 33.1 Å². The highest BCUT2D eigenvalue weighted by atomic mass is 16.5. The van der Waals surface area contributed by atoms with Gasteiger partial charge in [0.25, 0.3) is 0 Å². The maximum atomic E-state index is 11.4. The van der Waals surface area contributed by atoms with Gasteiger partial charge in [-0.3, -0.25) is 0 Å². The van der Waals surface area contributed by atoms with Gasteiger partial charge in [0.15, 0.2) is 0 Å². The third kappa shape index (κ3) is 3.34. The maximum absolute atomic E-state index is 11.4. The van der Waals surface area contributed by atoms with Crippen LogP contribution in [0.1, 0.15) is 33.3 Å². The van der Waals surface area contributed by atoms with Crippen molar-refractivity contribution < 1.29 is 14.6 Å². The Labute approximate surface area is 102 Å². The first-order valence-electron chi connectivity index (χ1n) is 5.43. The Morgan fingerprint density at radius 2 is 1.94 bits per heavy atom. The van der Waals surface area contributed by atoms with Crippen molar-refractivity contribution in [1.29, 1.82) is 0 Å². The minimum absolute atomic E-state index is 0.202. The van der Waals surface area contributed by atoms with Gasteiger partial charge < -0.3 is 9.84 Å². The van der Waals surface area contributed by atoms with Crippen LogP contribution in [0.4, 0.5) is 0 Å². The fourth-order valence-electron chi connectivity index (χ4n) is 1.37. The van der Waals surface area contributed by atoms with Crippen molar-refractivity contribution in [2.24, 2.45) is 0 Å². The summed E-state index contributed by atoms with van der Waals surface area (Å²) in [6.45, 7) is 11.0. The predicted molar refractivity (Wildman–Crippen MR) is 67.3 cm³/mol. The number of rotatable bonds is 2. The molecule has 3 nitrogen and oxygen atoms in total. The lowest BCUT2D eigenvalue weighted by molar-refractivity contribution is -0.130. The smallest absolute Gasteiger partial charge is 0.338 e. The molecule has 0 heterocycles. The van der Waals surface area contributed by atoms with Crippen molar-refractivity contribution in [3.63, 3.8) is 0 Å². The van der Waals surface area contributed by atoms with Crippen molar-refractivity contribution in [2.75, 3.05) is 0 Å². The normalized spacial score (nSPS) is 11.1. The fourth-order valence-corrected chi connectivity index (χ4v) is 1.37. The van der Waals surface area contributed by atoms with Gasteiger partial charge in [-0.25, -0.2) is 4.79 Å². The van der Waals surface area contributed by atoms with E-state index < -0.39 is 5.97 Å². The SMILES string of the molecule is C=C(C)C(=O)Oc1ccc(O)c(C(C)(C)C)c1. The van der Waals surface area contributed by atoms with Crippen molar-refractivity contribution in [1.82, 2.24) is 0 Å². The number of hydrogen-bond acceptors (Lipinski definition) is 3. The third-order valence-corrected chi connectivity index (χ3v) is 2.34. The van der Waals surface area contributed by atoms with E-state index in [-0.39, 0.29) is 11.2 Å². The summed E-state index contributed by atoms with van der Waals surface area (Å²) in [5.41, 5.74) is 0.871. The van der Waals surface area contributed by atoms with Gasteiger partial charge in [0.1, 0.15) is 11.5 Å². The highest BCUT2D eigenvalue weighted by Crippen LogP contribution is 2.33. The summed E-state index contributed by atoms with van der Waals surface area (Å²) in [6, 6.07) is 4.77. The van der Waals surface area contributed by atoms with Crippen molar-refractivity contribution >= 4 is 5.97 Å². The Hall–Kier alpha value is -1.77. The van der Waals surface area contributed by atoms with E-state index in [1.54, 1.807) is 19.1 Å². The van der Waals surface area contributed by atoms with E-state index in [0.717, 1.165) is 5.56 Å². The van der Waals surface area contributed by atoms with Crippen molar-refractivity contribution in [3.05, 3.63) is 35.9 Å². The topological polar surface area (TPSA) is 46.5 Å². The maximum Gasteiger partial charge on any atom is 0.338 e. The van der Waals surface area contributed by atoms with Crippen LogP contribution >= 0.6 is 0 Å². The second-order valence-corrected chi connectivity index (χ2v) is 5.10. The molecule has 0 unspecified atom stereocenters. The molecule has 17 heavy (non-hydrogen) atoms. The zero-order valence-corrected chi connectivity index (χ0v) is 10.7. The van der Waals surface area contributed by atoms with Crippen LogP contribution in [0.5, 0.6) is 11.5 Å². The van der Waals surface area contributed by atoms with Crippen LogP contribution in [0, 0.1) is 0 Å². The molecule has 92 valence electrons. The van der Waals surface area contributed by atoms with Crippen LogP contribution in [0.25, 0.3) is 0 Å². The van der Waals surface area contributed by atoms with Crippen LogP contribution in [0.15, 0.2) is 30.4 Å². The lowest BCUT2D eigenvalue weighted by atomic mass is 9.86. The number of hydrogen-bond donors (Lipinski definition) is 1. The first-order chi connectivity index (χ1) is 7.71.